The molecule has 0 aliphatic rings. The van der Waals surface area contributed by atoms with Crippen LogP contribution in [0.3, 0.4) is 0 Å². The molecule has 0 aliphatic carbocycles. The predicted molar refractivity (Wildman–Crippen MR) is 79.7 cm³/mol. The van der Waals surface area contributed by atoms with Gasteiger partial charge in [-0.1, -0.05) is 13.8 Å². The van der Waals surface area contributed by atoms with Crippen molar-refractivity contribution in [2.75, 3.05) is 18.8 Å². The van der Waals surface area contributed by atoms with Crippen molar-refractivity contribution >= 4 is 15.7 Å². The zero-order valence-corrected chi connectivity index (χ0v) is 13.0. The molecule has 2 N–H and O–H groups in total. The minimum Gasteiger partial charge on any atom is -0.398 e. The molecule has 0 atom stereocenters. The lowest BCUT2D eigenvalue weighted by Gasteiger charge is -2.22. The van der Waals surface area contributed by atoms with Gasteiger partial charge in [-0.25, -0.2) is 8.42 Å². The highest BCUT2D eigenvalue weighted by Gasteiger charge is 2.25. The number of sulfonamides is 1. The van der Waals surface area contributed by atoms with Crippen molar-refractivity contribution in [3.63, 3.8) is 0 Å². The molecule has 0 radical (unpaired) electrons. The van der Waals surface area contributed by atoms with E-state index in [4.69, 9.17) is 5.73 Å². The number of nitrogen functional groups attached to an aromatic ring is 1. The van der Waals surface area contributed by atoms with E-state index in [2.05, 4.69) is 0 Å². The molecule has 0 aliphatic heterocycles. The summed E-state index contributed by atoms with van der Waals surface area (Å²) in [6.07, 6.45) is 1.59. The second-order valence-corrected chi connectivity index (χ2v) is 6.78. The maximum absolute atomic E-state index is 12.6. The Morgan fingerprint density at radius 1 is 1.05 bits per heavy atom. The van der Waals surface area contributed by atoms with Gasteiger partial charge in [0.1, 0.15) is 4.90 Å². The van der Waals surface area contributed by atoms with E-state index in [-0.39, 0.29) is 4.90 Å². The van der Waals surface area contributed by atoms with Crippen molar-refractivity contribution in [3.05, 3.63) is 23.3 Å². The van der Waals surface area contributed by atoms with Gasteiger partial charge in [-0.3, -0.25) is 0 Å². The molecule has 0 amide bonds. The van der Waals surface area contributed by atoms with Gasteiger partial charge in [-0.05, 0) is 49.9 Å². The summed E-state index contributed by atoms with van der Waals surface area (Å²) < 4.78 is 26.8. The first-order valence-electron chi connectivity index (χ1n) is 6.71. The van der Waals surface area contributed by atoms with Crippen molar-refractivity contribution < 1.29 is 8.42 Å². The molecule has 0 saturated heterocycles. The third-order valence-electron chi connectivity index (χ3n) is 3.19. The lowest BCUT2D eigenvalue weighted by atomic mass is 10.1. The van der Waals surface area contributed by atoms with E-state index in [1.165, 1.54) is 4.31 Å². The van der Waals surface area contributed by atoms with Crippen molar-refractivity contribution in [2.24, 2.45) is 0 Å². The summed E-state index contributed by atoms with van der Waals surface area (Å²) in [5, 5.41) is 0. The fourth-order valence-electron chi connectivity index (χ4n) is 2.03. The monoisotopic (exact) mass is 284 g/mol. The zero-order valence-electron chi connectivity index (χ0n) is 12.2. The highest BCUT2D eigenvalue weighted by atomic mass is 32.2. The molecule has 108 valence electrons. The third-order valence-corrected chi connectivity index (χ3v) is 5.14. The standard InChI is InChI=1S/C14H24N2O2S/c1-5-7-16(8-6-2)19(17,18)14-10-12(4)11(3)9-13(14)15/h9-10H,5-8,15H2,1-4H3. The van der Waals surface area contributed by atoms with Crippen molar-refractivity contribution in [3.8, 4) is 0 Å². The van der Waals surface area contributed by atoms with E-state index < -0.39 is 10.0 Å². The Kier molecular flexibility index (Phi) is 5.38. The van der Waals surface area contributed by atoms with Gasteiger partial charge in [0.25, 0.3) is 0 Å². The summed E-state index contributed by atoms with van der Waals surface area (Å²) in [5.74, 6) is 0. The lowest BCUT2D eigenvalue weighted by Crippen LogP contribution is -2.33. The van der Waals surface area contributed by atoms with Crippen molar-refractivity contribution in [1.29, 1.82) is 0 Å². The molecule has 1 rings (SSSR count). The van der Waals surface area contributed by atoms with Crippen LogP contribution < -0.4 is 5.73 Å². The Balaban J connectivity index is 3.28. The second-order valence-electron chi connectivity index (χ2n) is 4.88. The molecule has 5 heteroatoms. The van der Waals surface area contributed by atoms with Gasteiger partial charge in [-0.15, -0.1) is 0 Å². The molecule has 1 aromatic rings. The molecule has 0 aromatic heterocycles. The molecule has 19 heavy (non-hydrogen) atoms. The number of benzene rings is 1. The number of anilines is 1. The number of hydrogen-bond acceptors (Lipinski definition) is 3. The lowest BCUT2D eigenvalue weighted by molar-refractivity contribution is 0.410. The zero-order chi connectivity index (χ0) is 14.6. The Bertz CT molecular complexity index is 533. The Labute approximate surface area is 116 Å². The fraction of sp³-hybridized carbons (Fsp3) is 0.571. The van der Waals surface area contributed by atoms with Crippen LogP contribution in [0.25, 0.3) is 0 Å². The van der Waals surface area contributed by atoms with Gasteiger partial charge >= 0.3 is 0 Å². The largest absolute Gasteiger partial charge is 0.398 e. The highest BCUT2D eigenvalue weighted by Crippen LogP contribution is 2.26. The summed E-state index contributed by atoms with van der Waals surface area (Å²) in [7, 11) is -3.49. The molecule has 0 saturated carbocycles. The van der Waals surface area contributed by atoms with E-state index in [0.29, 0.717) is 18.8 Å². The van der Waals surface area contributed by atoms with Crippen molar-refractivity contribution in [2.45, 2.75) is 45.4 Å². The Hall–Kier alpha value is -1.07. The number of aryl methyl sites for hydroxylation is 2. The average Bonchev–Trinajstić information content (AvgIpc) is 2.33. The first-order valence-corrected chi connectivity index (χ1v) is 8.15. The van der Waals surface area contributed by atoms with E-state index >= 15 is 0 Å². The van der Waals surface area contributed by atoms with E-state index in [1.807, 2.05) is 27.7 Å². The molecule has 0 fully saturated rings. The minimum absolute atomic E-state index is 0.234. The van der Waals surface area contributed by atoms with Gasteiger partial charge in [-0.2, -0.15) is 4.31 Å². The number of nitrogens with two attached hydrogens (primary N) is 1. The van der Waals surface area contributed by atoms with E-state index in [1.54, 1.807) is 12.1 Å². The van der Waals surface area contributed by atoms with Gasteiger partial charge in [0, 0.05) is 13.1 Å². The minimum atomic E-state index is -3.49. The van der Waals surface area contributed by atoms with Crippen LogP contribution in [0.5, 0.6) is 0 Å². The van der Waals surface area contributed by atoms with Crippen LogP contribution >= 0.6 is 0 Å². The highest BCUT2D eigenvalue weighted by molar-refractivity contribution is 7.89. The summed E-state index contributed by atoms with van der Waals surface area (Å²) in [5.41, 5.74) is 8.19. The maximum Gasteiger partial charge on any atom is 0.245 e. The van der Waals surface area contributed by atoms with Gasteiger partial charge < -0.3 is 5.73 Å². The first kappa shape index (κ1) is 16.0. The van der Waals surface area contributed by atoms with Crippen LogP contribution in [0.15, 0.2) is 17.0 Å². The smallest absolute Gasteiger partial charge is 0.245 e. The topological polar surface area (TPSA) is 63.4 Å². The van der Waals surface area contributed by atoms with Gasteiger partial charge in [0.15, 0.2) is 0 Å². The molecule has 0 spiro atoms. The molecule has 0 unspecified atom stereocenters. The van der Waals surface area contributed by atoms with Crippen LogP contribution in [0.4, 0.5) is 5.69 Å². The predicted octanol–water partition coefficient (Wildman–Crippen LogP) is 2.70. The molecular formula is C14H24N2O2S. The Morgan fingerprint density at radius 3 is 2.00 bits per heavy atom. The first-order chi connectivity index (χ1) is 8.84. The van der Waals surface area contributed by atoms with Crippen LogP contribution in [0.1, 0.15) is 37.8 Å². The van der Waals surface area contributed by atoms with Gasteiger partial charge in [0.2, 0.25) is 10.0 Å². The third kappa shape index (κ3) is 3.48. The Morgan fingerprint density at radius 2 is 1.53 bits per heavy atom. The summed E-state index contributed by atoms with van der Waals surface area (Å²) >= 11 is 0. The van der Waals surface area contributed by atoms with Crippen LogP contribution in [0.2, 0.25) is 0 Å². The van der Waals surface area contributed by atoms with Crippen molar-refractivity contribution in [1.82, 2.24) is 4.31 Å². The van der Waals surface area contributed by atoms with Crippen LogP contribution in [-0.2, 0) is 10.0 Å². The normalized spacial score (nSPS) is 12.1. The summed E-state index contributed by atoms with van der Waals surface area (Å²) in [6.45, 7) is 8.84. The fourth-order valence-corrected chi connectivity index (χ4v) is 3.83. The molecule has 0 heterocycles. The SMILES string of the molecule is CCCN(CCC)S(=O)(=O)c1cc(C)c(C)cc1N. The average molecular weight is 284 g/mol. The number of rotatable bonds is 6. The number of hydrogen-bond donors (Lipinski definition) is 1. The summed E-state index contributed by atoms with van der Waals surface area (Å²) in [4.78, 5) is 0.234. The van der Waals surface area contributed by atoms with E-state index in [0.717, 1.165) is 24.0 Å². The quantitative estimate of drug-likeness (QED) is 0.817. The second kappa shape index (κ2) is 6.39. The maximum atomic E-state index is 12.6. The molecule has 4 nitrogen and oxygen atoms in total. The molecule has 0 bridgehead atoms. The van der Waals surface area contributed by atoms with E-state index in [9.17, 15) is 8.42 Å². The van der Waals surface area contributed by atoms with Crippen LogP contribution in [-0.4, -0.2) is 25.8 Å². The van der Waals surface area contributed by atoms with Gasteiger partial charge in [0.05, 0.1) is 5.69 Å². The molecule has 1 aromatic carbocycles. The molecular weight excluding hydrogens is 260 g/mol. The summed E-state index contributed by atoms with van der Waals surface area (Å²) in [6, 6.07) is 3.41. The number of nitrogens with zero attached hydrogens (tertiary/aromatic N) is 1. The van der Waals surface area contributed by atoms with Crippen LogP contribution in [0, 0.1) is 13.8 Å².